The van der Waals surface area contributed by atoms with Gasteiger partial charge in [0.1, 0.15) is 5.75 Å². The predicted molar refractivity (Wildman–Crippen MR) is 101 cm³/mol. The third kappa shape index (κ3) is 5.89. The van der Waals surface area contributed by atoms with Crippen LogP contribution in [0.25, 0.3) is 0 Å². The van der Waals surface area contributed by atoms with Crippen molar-refractivity contribution in [3.05, 3.63) is 59.7 Å². The van der Waals surface area contributed by atoms with Crippen molar-refractivity contribution in [3.8, 4) is 5.75 Å². The molecule has 0 aliphatic heterocycles. The summed E-state index contributed by atoms with van der Waals surface area (Å²) >= 11 is 0. The number of hydrogen-bond donors (Lipinski definition) is 2. The van der Waals surface area contributed by atoms with Gasteiger partial charge >= 0.3 is 0 Å². The summed E-state index contributed by atoms with van der Waals surface area (Å²) in [7, 11) is 1.62. The Bertz CT molecular complexity index is 729. The number of carbonyl (C=O) groups is 2. The van der Waals surface area contributed by atoms with E-state index >= 15 is 0 Å². The van der Waals surface area contributed by atoms with Crippen molar-refractivity contribution in [2.45, 2.75) is 13.3 Å². The molecule has 2 aromatic rings. The molecular formula is C20H24N2O4. The zero-order chi connectivity index (χ0) is 18.8. The lowest BCUT2D eigenvalue weighted by Crippen LogP contribution is -2.25. The van der Waals surface area contributed by atoms with Crippen molar-refractivity contribution in [1.29, 1.82) is 0 Å². The number of benzene rings is 2. The number of ether oxygens (including phenoxy) is 2. The van der Waals surface area contributed by atoms with Crippen molar-refractivity contribution >= 4 is 17.5 Å². The van der Waals surface area contributed by atoms with Crippen LogP contribution in [-0.4, -0.2) is 38.7 Å². The molecule has 6 heteroatoms. The van der Waals surface area contributed by atoms with Crippen molar-refractivity contribution < 1.29 is 19.1 Å². The van der Waals surface area contributed by atoms with E-state index in [0.717, 1.165) is 12.2 Å². The monoisotopic (exact) mass is 356 g/mol. The lowest BCUT2D eigenvalue weighted by Gasteiger charge is -2.09. The lowest BCUT2D eigenvalue weighted by atomic mass is 10.1. The third-order valence-electron chi connectivity index (χ3n) is 3.62. The van der Waals surface area contributed by atoms with Crippen LogP contribution in [0, 0.1) is 0 Å². The molecule has 0 heterocycles. The Morgan fingerprint density at radius 2 is 1.69 bits per heavy atom. The molecular weight excluding hydrogens is 332 g/mol. The smallest absolute Gasteiger partial charge is 0.255 e. The fourth-order valence-electron chi connectivity index (χ4n) is 2.33. The molecule has 0 fully saturated rings. The highest BCUT2D eigenvalue weighted by atomic mass is 16.5. The first-order valence-corrected chi connectivity index (χ1v) is 8.55. The maximum absolute atomic E-state index is 12.4. The lowest BCUT2D eigenvalue weighted by molar-refractivity contribution is 0.0948. The van der Waals surface area contributed by atoms with Crippen LogP contribution in [0.2, 0.25) is 0 Å². The molecule has 0 aromatic heterocycles. The van der Waals surface area contributed by atoms with Gasteiger partial charge in [0, 0.05) is 37.1 Å². The summed E-state index contributed by atoms with van der Waals surface area (Å²) in [5.41, 5.74) is 1.53. The van der Waals surface area contributed by atoms with Crippen LogP contribution in [0.3, 0.4) is 0 Å². The van der Waals surface area contributed by atoms with E-state index in [-0.39, 0.29) is 11.8 Å². The topological polar surface area (TPSA) is 76.7 Å². The molecule has 0 aliphatic rings. The zero-order valence-corrected chi connectivity index (χ0v) is 15.1. The van der Waals surface area contributed by atoms with Crippen LogP contribution in [0.5, 0.6) is 5.75 Å². The normalized spacial score (nSPS) is 10.2. The quantitative estimate of drug-likeness (QED) is 0.677. The van der Waals surface area contributed by atoms with Crippen LogP contribution < -0.4 is 15.4 Å². The fraction of sp³-hybridized carbons (Fsp3) is 0.300. The Morgan fingerprint density at radius 3 is 2.35 bits per heavy atom. The zero-order valence-electron chi connectivity index (χ0n) is 15.1. The minimum absolute atomic E-state index is 0.211. The van der Waals surface area contributed by atoms with Gasteiger partial charge in [0.25, 0.3) is 11.8 Å². The maximum atomic E-state index is 12.4. The van der Waals surface area contributed by atoms with E-state index in [0.29, 0.717) is 36.6 Å². The van der Waals surface area contributed by atoms with E-state index in [9.17, 15) is 9.59 Å². The maximum Gasteiger partial charge on any atom is 0.255 e. The second-order valence-electron chi connectivity index (χ2n) is 5.59. The highest BCUT2D eigenvalue weighted by Crippen LogP contribution is 2.16. The number of hydrogen-bond acceptors (Lipinski definition) is 4. The molecule has 2 aromatic carbocycles. The highest BCUT2D eigenvalue weighted by Gasteiger charge is 2.10. The van der Waals surface area contributed by atoms with E-state index in [1.807, 2.05) is 6.92 Å². The summed E-state index contributed by atoms with van der Waals surface area (Å²) in [4.78, 5) is 24.6. The first-order chi connectivity index (χ1) is 12.6. The summed E-state index contributed by atoms with van der Waals surface area (Å²) in [6.07, 6.45) is 0.736. The minimum Gasteiger partial charge on any atom is -0.494 e. The Morgan fingerprint density at radius 1 is 1.00 bits per heavy atom. The van der Waals surface area contributed by atoms with Crippen LogP contribution >= 0.6 is 0 Å². The van der Waals surface area contributed by atoms with E-state index < -0.39 is 0 Å². The molecule has 0 saturated heterocycles. The molecule has 0 saturated carbocycles. The Balaban J connectivity index is 1.97. The molecule has 0 atom stereocenters. The van der Waals surface area contributed by atoms with Gasteiger partial charge in [0.05, 0.1) is 6.61 Å². The number of methoxy groups -OCH3 is 1. The molecule has 0 bridgehead atoms. The first-order valence-electron chi connectivity index (χ1n) is 8.55. The summed E-state index contributed by atoms with van der Waals surface area (Å²) in [6.45, 7) is 3.61. The van der Waals surface area contributed by atoms with Crippen molar-refractivity contribution in [2.75, 3.05) is 32.2 Å². The van der Waals surface area contributed by atoms with Crippen LogP contribution in [0.15, 0.2) is 48.5 Å². The van der Waals surface area contributed by atoms with Gasteiger partial charge < -0.3 is 20.1 Å². The van der Waals surface area contributed by atoms with Gasteiger partial charge in [-0.05, 0) is 55.8 Å². The molecule has 0 unspecified atom stereocenters. The third-order valence-corrected chi connectivity index (χ3v) is 3.62. The average Bonchev–Trinajstić information content (AvgIpc) is 2.67. The number of nitrogens with one attached hydrogen (secondary N) is 2. The van der Waals surface area contributed by atoms with Gasteiger partial charge in [0.2, 0.25) is 0 Å². The predicted octanol–water partition coefficient (Wildman–Crippen LogP) is 3.10. The molecule has 26 heavy (non-hydrogen) atoms. The molecule has 2 rings (SSSR count). The van der Waals surface area contributed by atoms with Gasteiger partial charge in [-0.3, -0.25) is 9.59 Å². The number of amides is 2. The second-order valence-corrected chi connectivity index (χ2v) is 5.59. The Kier molecular flexibility index (Phi) is 7.64. The molecule has 0 spiro atoms. The Hall–Kier alpha value is -2.86. The van der Waals surface area contributed by atoms with Gasteiger partial charge in [-0.2, -0.15) is 0 Å². The fourth-order valence-corrected chi connectivity index (χ4v) is 2.33. The summed E-state index contributed by atoms with van der Waals surface area (Å²) in [6, 6.07) is 13.8. The Labute approximate surface area is 153 Å². The molecule has 2 N–H and O–H groups in total. The number of anilines is 1. The van der Waals surface area contributed by atoms with Crippen LogP contribution in [-0.2, 0) is 4.74 Å². The number of rotatable bonds is 9. The van der Waals surface area contributed by atoms with Gasteiger partial charge in [0.15, 0.2) is 0 Å². The number of carbonyl (C=O) groups excluding carboxylic acids is 2. The van der Waals surface area contributed by atoms with Crippen LogP contribution in [0.1, 0.15) is 34.1 Å². The van der Waals surface area contributed by atoms with Gasteiger partial charge in [-0.15, -0.1) is 0 Å². The van der Waals surface area contributed by atoms with E-state index in [2.05, 4.69) is 10.6 Å². The van der Waals surface area contributed by atoms with E-state index in [1.165, 1.54) is 0 Å². The second kappa shape index (κ2) is 10.2. The molecule has 0 aliphatic carbocycles. The first kappa shape index (κ1) is 19.5. The average molecular weight is 356 g/mol. The molecule has 6 nitrogen and oxygen atoms in total. The molecule has 2 amide bonds. The van der Waals surface area contributed by atoms with Crippen molar-refractivity contribution in [3.63, 3.8) is 0 Å². The standard InChI is InChI=1S/C20H24N2O4/c1-3-26-18-10-8-17(9-11-18)22-20(24)16-7-4-6-15(14-16)19(23)21-12-5-13-25-2/h4,6-11,14H,3,5,12-13H2,1-2H3,(H,21,23)(H,22,24). The van der Waals surface area contributed by atoms with E-state index in [1.54, 1.807) is 55.6 Å². The highest BCUT2D eigenvalue weighted by molar-refractivity contribution is 6.06. The molecule has 0 radical (unpaired) electrons. The van der Waals surface area contributed by atoms with Gasteiger partial charge in [-0.25, -0.2) is 0 Å². The summed E-state index contributed by atoms with van der Waals surface area (Å²) < 4.78 is 10.3. The largest absolute Gasteiger partial charge is 0.494 e. The van der Waals surface area contributed by atoms with Gasteiger partial charge in [-0.1, -0.05) is 6.07 Å². The summed E-state index contributed by atoms with van der Waals surface area (Å²) in [5, 5.41) is 5.61. The van der Waals surface area contributed by atoms with Crippen LogP contribution in [0.4, 0.5) is 5.69 Å². The van der Waals surface area contributed by atoms with Crippen molar-refractivity contribution in [1.82, 2.24) is 5.32 Å². The van der Waals surface area contributed by atoms with Crippen molar-refractivity contribution in [2.24, 2.45) is 0 Å². The summed E-state index contributed by atoms with van der Waals surface area (Å²) in [5.74, 6) is 0.262. The van der Waals surface area contributed by atoms with E-state index in [4.69, 9.17) is 9.47 Å². The SMILES string of the molecule is CCOc1ccc(NC(=O)c2cccc(C(=O)NCCCOC)c2)cc1. The minimum atomic E-state index is -0.275. The molecule has 138 valence electrons.